The summed E-state index contributed by atoms with van der Waals surface area (Å²) in [6.45, 7) is 4.49. The van der Waals surface area contributed by atoms with Crippen molar-refractivity contribution in [2.45, 2.75) is 13.8 Å². The minimum atomic E-state index is 0.360. The third-order valence-corrected chi connectivity index (χ3v) is 2.99. The molecule has 16 heavy (non-hydrogen) atoms. The fourth-order valence-corrected chi connectivity index (χ4v) is 1.89. The molecule has 2 nitrogen and oxygen atoms in total. The van der Waals surface area contributed by atoms with Gasteiger partial charge in [0.2, 0.25) is 6.79 Å². The van der Waals surface area contributed by atoms with Gasteiger partial charge in [-0.25, -0.2) is 0 Å². The van der Waals surface area contributed by atoms with Gasteiger partial charge in [0, 0.05) is 4.88 Å². The Labute approximate surface area is 99.5 Å². The fraction of sp³-hybridized carbons (Fsp3) is 0.231. The summed E-state index contributed by atoms with van der Waals surface area (Å²) in [4.78, 5) is 1.38. The maximum absolute atomic E-state index is 5.16. The summed E-state index contributed by atoms with van der Waals surface area (Å²) in [7, 11) is 0. The number of hydrogen-bond donors (Lipinski definition) is 0. The Morgan fingerprint density at radius 3 is 2.50 bits per heavy atom. The Morgan fingerprint density at radius 1 is 1.06 bits per heavy atom. The van der Waals surface area contributed by atoms with Crippen molar-refractivity contribution in [3.05, 3.63) is 46.2 Å². The van der Waals surface area contributed by atoms with E-state index in [9.17, 15) is 0 Å². The van der Waals surface area contributed by atoms with E-state index >= 15 is 0 Å². The smallest absolute Gasteiger partial charge is 0.231 e. The van der Waals surface area contributed by atoms with Crippen molar-refractivity contribution >= 4 is 11.3 Å². The molecule has 1 aromatic heterocycles. The van der Waals surface area contributed by atoms with Crippen LogP contribution in [0.1, 0.15) is 10.4 Å². The van der Waals surface area contributed by atoms with Gasteiger partial charge in [-0.3, -0.25) is 0 Å². The largest absolute Gasteiger partial charge is 0.454 e. The lowest BCUT2D eigenvalue weighted by molar-refractivity contribution is 0.174. The molecule has 0 radical (unpaired) electrons. The maximum atomic E-state index is 5.16. The van der Waals surface area contributed by atoms with E-state index in [1.54, 1.807) is 11.3 Å². The predicted octanol–water partition coefficient (Wildman–Crippen LogP) is 3.78. The minimum absolute atomic E-state index is 0.360. The van der Waals surface area contributed by atoms with Gasteiger partial charge < -0.3 is 9.47 Å². The van der Waals surface area contributed by atoms with Gasteiger partial charge in [0.05, 0.1) is 0 Å². The van der Waals surface area contributed by atoms with Crippen LogP contribution in [0.4, 0.5) is 0 Å². The van der Waals surface area contributed by atoms with Gasteiger partial charge in [-0.2, -0.15) is 0 Å². The third-order valence-electron chi connectivity index (χ3n) is 2.19. The molecule has 1 aliphatic rings. The van der Waals surface area contributed by atoms with E-state index in [4.69, 9.17) is 9.47 Å². The Morgan fingerprint density at radius 2 is 1.88 bits per heavy atom. The lowest BCUT2D eigenvalue weighted by Gasteiger charge is -1.94. The number of hydrogen-bond acceptors (Lipinski definition) is 3. The second-order valence-electron chi connectivity index (χ2n) is 3.58. The number of rotatable bonds is 0. The molecule has 1 aromatic carbocycles. The number of aryl methyl sites for hydroxylation is 2. The van der Waals surface area contributed by atoms with E-state index in [0.717, 1.165) is 11.5 Å². The van der Waals surface area contributed by atoms with Gasteiger partial charge in [0.15, 0.2) is 11.5 Å². The zero-order valence-corrected chi connectivity index (χ0v) is 10.2. The summed E-state index contributed by atoms with van der Waals surface area (Å²) in [6, 6.07) is 10.1. The van der Waals surface area contributed by atoms with Crippen molar-refractivity contribution in [2.75, 3.05) is 6.79 Å². The van der Waals surface area contributed by atoms with Gasteiger partial charge in [-0.05, 0) is 43.0 Å². The highest BCUT2D eigenvalue weighted by molar-refractivity contribution is 7.09. The quantitative estimate of drug-likeness (QED) is 0.690. The molecule has 0 atom stereocenters. The summed E-state index contributed by atoms with van der Waals surface area (Å²) in [6.07, 6.45) is 0. The van der Waals surface area contributed by atoms with E-state index < -0.39 is 0 Å². The molecule has 2 heterocycles. The molecule has 0 unspecified atom stereocenters. The summed E-state index contributed by atoms with van der Waals surface area (Å²) in [5.41, 5.74) is 1.20. The average molecular weight is 234 g/mol. The van der Waals surface area contributed by atoms with Gasteiger partial charge in [-0.1, -0.05) is 12.1 Å². The third kappa shape index (κ3) is 2.76. The zero-order valence-electron chi connectivity index (χ0n) is 9.40. The van der Waals surface area contributed by atoms with Crippen LogP contribution >= 0.6 is 11.3 Å². The van der Waals surface area contributed by atoms with Gasteiger partial charge in [-0.15, -0.1) is 11.3 Å². The monoisotopic (exact) mass is 234 g/mol. The predicted molar refractivity (Wildman–Crippen MR) is 66.4 cm³/mol. The first kappa shape index (κ1) is 11.0. The van der Waals surface area contributed by atoms with Crippen LogP contribution in [0.25, 0.3) is 0 Å². The van der Waals surface area contributed by atoms with Crippen LogP contribution in [0.15, 0.2) is 35.7 Å². The molecule has 1 aliphatic heterocycles. The van der Waals surface area contributed by atoms with Crippen molar-refractivity contribution in [1.82, 2.24) is 0 Å². The van der Waals surface area contributed by atoms with Crippen molar-refractivity contribution in [2.24, 2.45) is 0 Å². The molecular weight excluding hydrogens is 220 g/mol. The molecule has 0 saturated carbocycles. The highest BCUT2D eigenvalue weighted by Gasteiger charge is 2.11. The van der Waals surface area contributed by atoms with Crippen molar-refractivity contribution in [3.63, 3.8) is 0 Å². The van der Waals surface area contributed by atoms with Gasteiger partial charge in [0.25, 0.3) is 0 Å². The molecule has 3 heteroatoms. The first-order chi connectivity index (χ1) is 7.75. The molecule has 3 rings (SSSR count). The normalized spacial score (nSPS) is 11.9. The molecule has 0 spiro atoms. The molecule has 0 bridgehead atoms. The average Bonchev–Trinajstić information content (AvgIpc) is 2.88. The standard InChI is InChI=1S/C8H8O2.C5H6S/c1-6-2-3-7-8(4-6)10-5-9-7;1-5-3-2-4-6-5/h2-4H,5H2,1H3;2-4H,1H3. The van der Waals surface area contributed by atoms with E-state index in [-0.39, 0.29) is 0 Å². The van der Waals surface area contributed by atoms with Gasteiger partial charge in [0.1, 0.15) is 0 Å². The molecule has 0 aliphatic carbocycles. The van der Waals surface area contributed by atoms with Crippen molar-refractivity contribution < 1.29 is 9.47 Å². The topological polar surface area (TPSA) is 18.5 Å². The first-order valence-corrected chi connectivity index (χ1v) is 6.00. The SMILES string of the molecule is Cc1ccc2c(c1)OCO2.Cc1cccs1. The summed E-state index contributed by atoms with van der Waals surface area (Å²) >= 11 is 1.78. The number of ether oxygens (including phenoxy) is 2. The molecule has 0 N–H and O–H groups in total. The Bertz CT molecular complexity index is 449. The maximum Gasteiger partial charge on any atom is 0.231 e. The van der Waals surface area contributed by atoms with E-state index in [0.29, 0.717) is 6.79 Å². The Balaban J connectivity index is 0.000000138. The number of benzene rings is 1. The second kappa shape index (κ2) is 5.03. The lowest BCUT2D eigenvalue weighted by Crippen LogP contribution is -1.92. The summed E-state index contributed by atoms with van der Waals surface area (Å²) in [5, 5.41) is 2.08. The van der Waals surface area contributed by atoms with Crippen LogP contribution in [-0.4, -0.2) is 6.79 Å². The van der Waals surface area contributed by atoms with Crippen LogP contribution in [0.3, 0.4) is 0 Å². The summed E-state index contributed by atoms with van der Waals surface area (Å²) < 4.78 is 10.3. The van der Waals surface area contributed by atoms with Crippen molar-refractivity contribution in [1.29, 1.82) is 0 Å². The molecule has 2 aromatic rings. The van der Waals surface area contributed by atoms with Crippen LogP contribution in [0.5, 0.6) is 11.5 Å². The van der Waals surface area contributed by atoms with Crippen LogP contribution in [0, 0.1) is 13.8 Å². The molecule has 0 amide bonds. The Kier molecular flexibility index (Phi) is 3.47. The fourth-order valence-electron chi connectivity index (χ4n) is 1.36. The first-order valence-electron chi connectivity index (χ1n) is 5.12. The summed E-state index contributed by atoms with van der Waals surface area (Å²) in [5.74, 6) is 1.71. The zero-order chi connectivity index (χ0) is 11.4. The van der Waals surface area contributed by atoms with Gasteiger partial charge >= 0.3 is 0 Å². The van der Waals surface area contributed by atoms with Crippen LogP contribution < -0.4 is 9.47 Å². The molecule has 0 fully saturated rings. The highest BCUT2D eigenvalue weighted by atomic mass is 32.1. The van der Waals surface area contributed by atoms with Crippen LogP contribution in [-0.2, 0) is 0 Å². The van der Waals surface area contributed by atoms with Crippen LogP contribution in [0.2, 0.25) is 0 Å². The number of thiophene rings is 1. The lowest BCUT2D eigenvalue weighted by atomic mass is 10.2. The second-order valence-corrected chi connectivity index (χ2v) is 4.73. The minimum Gasteiger partial charge on any atom is -0.454 e. The van der Waals surface area contributed by atoms with Crippen molar-refractivity contribution in [3.8, 4) is 11.5 Å². The molecule has 0 saturated heterocycles. The van der Waals surface area contributed by atoms with E-state index in [1.807, 2.05) is 25.1 Å². The number of fused-ring (bicyclic) bond motifs is 1. The molecular formula is C13H14O2S. The van der Waals surface area contributed by atoms with E-state index in [2.05, 4.69) is 24.4 Å². The Hall–Kier alpha value is -1.48. The van der Waals surface area contributed by atoms with E-state index in [1.165, 1.54) is 10.4 Å². The highest BCUT2D eigenvalue weighted by Crippen LogP contribution is 2.31. The molecule has 84 valence electrons.